The van der Waals surface area contributed by atoms with Crippen LogP contribution in [0.4, 0.5) is 5.13 Å². The Kier molecular flexibility index (Phi) is 7.08. The standard InChI is InChI=1S/C22H23N3O3S/c1-2-3-14-19-20(18(15-25(27)28)16-10-6-4-7-11-16)29-22(23-19)24-21(26)17-12-8-5-9-13-17/h4-13,18H,2-3,14-15H2,1H3,(H,23,24,26). The van der Waals surface area contributed by atoms with Crippen LogP contribution in [0.2, 0.25) is 0 Å². The smallest absolute Gasteiger partial charge is 0.257 e. The fourth-order valence-corrected chi connectivity index (χ4v) is 4.27. The number of nitro groups is 1. The van der Waals surface area contributed by atoms with Gasteiger partial charge in [0.25, 0.3) is 5.91 Å². The topological polar surface area (TPSA) is 85.1 Å². The third-order valence-corrected chi connectivity index (χ3v) is 5.73. The van der Waals surface area contributed by atoms with E-state index < -0.39 is 5.92 Å². The monoisotopic (exact) mass is 409 g/mol. The Hall–Kier alpha value is -3.06. The minimum atomic E-state index is -0.391. The van der Waals surface area contributed by atoms with Gasteiger partial charge in [-0.05, 0) is 30.5 Å². The minimum absolute atomic E-state index is 0.211. The quantitative estimate of drug-likeness (QED) is 0.391. The zero-order valence-corrected chi connectivity index (χ0v) is 17.0. The summed E-state index contributed by atoms with van der Waals surface area (Å²) < 4.78 is 0. The highest BCUT2D eigenvalue weighted by molar-refractivity contribution is 7.16. The number of nitrogens with zero attached hydrogens (tertiary/aromatic N) is 2. The summed E-state index contributed by atoms with van der Waals surface area (Å²) in [6.07, 6.45) is 2.65. The molecular formula is C22H23N3O3S. The van der Waals surface area contributed by atoms with Crippen LogP contribution >= 0.6 is 11.3 Å². The molecule has 2 aromatic carbocycles. The highest BCUT2D eigenvalue weighted by Crippen LogP contribution is 2.35. The second kappa shape index (κ2) is 9.93. The minimum Gasteiger partial charge on any atom is -0.298 e. The van der Waals surface area contributed by atoms with Crippen LogP contribution in [0.3, 0.4) is 0 Å². The van der Waals surface area contributed by atoms with Gasteiger partial charge in [0.1, 0.15) is 0 Å². The van der Waals surface area contributed by atoms with Crippen LogP contribution in [0.15, 0.2) is 60.7 Å². The lowest BCUT2D eigenvalue weighted by atomic mass is 9.95. The summed E-state index contributed by atoms with van der Waals surface area (Å²) in [4.78, 5) is 29.1. The molecule has 150 valence electrons. The van der Waals surface area contributed by atoms with Crippen molar-refractivity contribution in [1.29, 1.82) is 0 Å². The molecule has 1 aromatic heterocycles. The second-order valence-corrected chi connectivity index (χ2v) is 7.76. The first-order valence-corrected chi connectivity index (χ1v) is 10.4. The Balaban J connectivity index is 1.94. The predicted octanol–water partition coefficient (Wildman–Crippen LogP) is 5.15. The van der Waals surface area contributed by atoms with Crippen molar-refractivity contribution in [2.24, 2.45) is 0 Å². The molecule has 0 saturated carbocycles. The molecular weight excluding hydrogens is 386 g/mol. The Morgan fingerprint density at radius 1 is 1.14 bits per heavy atom. The van der Waals surface area contributed by atoms with Crippen LogP contribution in [0.5, 0.6) is 0 Å². The van der Waals surface area contributed by atoms with E-state index in [1.165, 1.54) is 11.3 Å². The van der Waals surface area contributed by atoms with E-state index in [0.717, 1.165) is 35.4 Å². The van der Waals surface area contributed by atoms with E-state index in [2.05, 4.69) is 17.2 Å². The third kappa shape index (κ3) is 5.48. The SMILES string of the molecule is CCCCc1nc(NC(=O)c2ccccc2)sc1C(C[N+](=O)[O-])c1ccccc1. The first-order valence-electron chi connectivity index (χ1n) is 9.61. The molecule has 0 aliphatic carbocycles. The number of rotatable bonds is 9. The first kappa shape index (κ1) is 20.7. The van der Waals surface area contributed by atoms with Crippen molar-refractivity contribution in [2.75, 3.05) is 11.9 Å². The lowest BCUT2D eigenvalue weighted by molar-refractivity contribution is -0.481. The Labute approximate surface area is 173 Å². The fraction of sp³-hybridized carbons (Fsp3) is 0.273. The highest BCUT2D eigenvalue weighted by atomic mass is 32.1. The molecule has 3 aromatic rings. The molecule has 0 saturated heterocycles. The summed E-state index contributed by atoms with van der Waals surface area (Å²) >= 11 is 1.33. The number of thiazole rings is 1. The summed E-state index contributed by atoms with van der Waals surface area (Å²) in [6.45, 7) is 1.88. The van der Waals surface area contributed by atoms with Gasteiger partial charge in [0.15, 0.2) is 5.13 Å². The highest BCUT2D eigenvalue weighted by Gasteiger charge is 2.27. The van der Waals surface area contributed by atoms with E-state index in [1.54, 1.807) is 24.3 Å². The van der Waals surface area contributed by atoms with Crippen molar-refractivity contribution in [1.82, 2.24) is 4.98 Å². The number of carbonyl (C=O) groups is 1. The summed E-state index contributed by atoms with van der Waals surface area (Å²) in [5.41, 5.74) is 2.26. The molecule has 1 atom stereocenters. The van der Waals surface area contributed by atoms with Gasteiger partial charge in [0, 0.05) is 15.4 Å². The predicted molar refractivity (Wildman–Crippen MR) is 115 cm³/mol. The first-order chi connectivity index (χ1) is 14.1. The molecule has 1 amide bonds. The van der Waals surface area contributed by atoms with Gasteiger partial charge in [-0.3, -0.25) is 20.2 Å². The zero-order chi connectivity index (χ0) is 20.6. The number of carbonyl (C=O) groups excluding carboxylic acids is 1. The average molecular weight is 410 g/mol. The lowest BCUT2D eigenvalue weighted by Gasteiger charge is -2.13. The van der Waals surface area contributed by atoms with Gasteiger partial charge in [-0.15, -0.1) is 11.3 Å². The Morgan fingerprint density at radius 2 is 1.79 bits per heavy atom. The van der Waals surface area contributed by atoms with Crippen LogP contribution in [0.25, 0.3) is 0 Å². The van der Waals surface area contributed by atoms with E-state index in [9.17, 15) is 14.9 Å². The molecule has 7 heteroatoms. The molecule has 6 nitrogen and oxygen atoms in total. The zero-order valence-electron chi connectivity index (χ0n) is 16.2. The van der Waals surface area contributed by atoms with Crippen LogP contribution < -0.4 is 5.32 Å². The Morgan fingerprint density at radius 3 is 2.41 bits per heavy atom. The summed E-state index contributed by atoms with van der Waals surface area (Å²) in [5, 5.41) is 14.7. The van der Waals surface area contributed by atoms with E-state index in [1.807, 2.05) is 36.4 Å². The number of anilines is 1. The van der Waals surface area contributed by atoms with E-state index in [-0.39, 0.29) is 17.4 Å². The van der Waals surface area contributed by atoms with Crippen LogP contribution in [-0.2, 0) is 6.42 Å². The van der Waals surface area contributed by atoms with Crippen molar-refractivity contribution in [3.63, 3.8) is 0 Å². The summed E-state index contributed by atoms with van der Waals surface area (Å²) in [7, 11) is 0. The van der Waals surface area contributed by atoms with Crippen LogP contribution in [0, 0.1) is 10.1 Å². The number of aromatic nitrogens is 1. The molecule has 0 aliphatic rings. The second-order valence-electron chi connectivity index (χ2n) is 6.73. The normalized spacial score (nSPS) is 11.8. The van der Waals surface area contributed by atoms with Gasteiger partial charge in [0.05, 0.1) is 11.6 Å². The number of benzene rings is 2. The van der Waals surface area contributed by atoms with Crippen molar-refractivity contribution < 1.29 is 9.72 Å². The van der Waals surface area contributed by atoms with Gasteiger partial charge < -0.3 is 0 Å². The maximum absolute atomic E-state index is 12.5. The maximum atomic E-state index is 12.5. The van der Waals surface area contributed by atoms with Gasteiger partial charge >= 0.3 is 0 Å². The maximum Gasteiger partial charge on any atom is 0.257 e. The fourth-order valence-electron chi connectivity index (χ4n) is 3.15. The lowest BCUT2D eigenvalue weighted by Crippen LogP contribution is -2.14. The van der Waals surface area contributed by atoms with Crippen LogP contribution in [-0.4, -0.2) is 22.4 Å². The number of hydrogen-bond acceptors (Lipinski definition) is 5. The summed E-state index contributed by atoms with van der Waals surface area (Å²) in [5.74, 6) is -0.628. The van der Waals surface area contributed by atoms with Crippen molar-refractivity contribution in [3.05, 3.63) is 92.5 Å². The largest absolute Gasteiger partial charge is 0.298 e. The van der Waals surface area contributed by atoms with Gasteiger partial charge in [-0.2, -0.15) is 0 Å². The van der Waals surface area contributed by atoms with Gasteiger partial charge in [-0.25, -0.2) is 4.98 Å². The number of aryl methyl sites for hydroxylation is 1. The average Bonchev–Trinajstić information content (AvgIpc) is 3.13. The van der Waals surface area contributed by atoms with E-state index in [4.69, 9.17) is 0 Å². The van der Waals surface area contributed by atoms with Crippen molar-refractivity contribution >= 4 is 22.4 Å². The molecule has 0 aliphatic heterocycles. The molecule has 1 unspecified atom stereocenters. The number of unbranched alkanes of at least 4 members (excludes halogenated alkanes) is 1. The number of nitrogens with one attached hydrogen (secondary N) is 1. The van der Waals surface area contributed by atoms with E-state index >= 15 is 0 Å². The molecule has 1 heterocycles. The summed E-state index contributed by atoms with van der Waals surface area (Å²) in [6, 6.07) is 18.4. The molecule has 1 N–H and O–H groups in total. The van der Waals surface area contributed by atoms with Crippen molar-refractivity contribution in [2.45, 2.75) is 32.1 Å². The molecule has 0 radical (unpaired) electrons. The van der Waals surface area contributed by atoms with Crippen LogP contribution in [0.1, 0.15) is 52.2 Å². The van der Waals surface area contributed by atoms with Crippen molar-refractivity contribution in [3.8, 4) is 0 Å². The molecule has 3 rings (SSSR count). The van der Waals surface area contributed by atoms with Gasteiger partial charge in [0.2, 0.25) is 6.54 Å². The molecule has 29 heavy (non-hydrogen) atoms. The molecule has 0 fully saturated rings. The third-order valence-electron chi connectivity index (χ3n) is 4.60. The molecule has 0 bridgehead atoms. The Bertz CT molecular complexity index is 958. The van der Waals surface area contributed by atoms with E-state index in [0.29, 0.717) is 10.7 Å². The number of hydrogen-bond donors (Lipinski definition) is 1. The van der Waals surface area contributed by atoms with Gasteiger partial charge in [-0.1, -0.05) is 61.9 Å². The molecule has 0 spiro atoms. The number of amides is 1.